The second kappa shape index (κ2) is 5.32. The molecule has 2 bridgehead atoms. The van der Waals surface area contributed by atoms with Gasteiger partial charge in [0.05, 0.1) is 12.0 Å². The van der Waals surface area contributed by atoms with E-state index in [0.29, 0.717) is 6.10 Å². The first-order valence-electron chi connectivity index (χ1n) is 8.51. The highest BCUT2D eigenvalue weighted by molar-refractivity contribution is 5.72. The Kier molecular flexibility index (Phi) is 3.83. The Morgan fingerprint density at radius 3 is 2.35 bits per heavy atom. The quantitative estimate of drug-likeness (QED) is 0.730. The van der Waals surface area contributed by atoms with Crippen molar-refractivity contribution >= 4 is 5.97 Å². The van der Waals surface area contributed by atoms with Gasteiger partial charge in [0.1, 0.15) is 11.2 Å². The van der Waals surface area contributed by atoms with E-state index in [-0.39, 0.29) is 23.1 Å². The van der Waals surface area contributed by atoms with Crippen molar-refractivity contribution in [3.63, 3.8) is 0 Å². The van der Waals surface area contributed by atoms with E-state index in [0.717, 1.165) is 44.9 Å². The van der Waals surface area contributed by atoms with Gasteiger partial charge in [-0.2, -0.15) is 0 Å². The molecule has 0 spiro atoms. The van der Waals surface area contributed by atoms with Crippen LogP contribution in [-0.4, -0.2) is 23.3 Å². The minimum Gasteiger partial charge on any atom is -0.456 e. The van der Waals surface area contributed by atoms with Crippen LogP contribution in [0.1, 0.15) is 78.1 Å². The highest BCUT2D eigenvalue weighted by Crippen LogP contribution is 2.55. The number of fused-ring (bicyclic) bond motifs is 2. The predicted octanol–water partition coefficient (Wildman–Crippen LogP) is 3.99. The fourth-order valence-corrected chi connectivity index (χ4v) is 4.41. The normalized spacial score (nSPS) is 36.8. The van der Waals surface area contributed by atoms with Crippen molar-refractivity contribution in [2.45, 2.75) is 95.4 Å². The van der Waals surface area contributed by atoms with Crippen LogP contribution >= 0.6 is 0 Å². The molecule has 3 fully saturated rings. The number of carbonyl (C=O) groups is 1. The van der Waals surface area contributed by atoms with Gasteiger partial charge in [-0.25, -0.2) is 0 Å². The summed E-state index contributed by atoms with van der Waals surface area (Å²) in [5, 5.41) is 0. The lowest BCUT2D eigenvalue weighted by Crippen LogP contribution is -2.56. The molecule has 0 aromatic heterocycles. The summed E-state index contributed by atoms with van der Waals surface area (Å²) in [4.78, 5) is 12.4. The molecule has 0 aromatic carbocycles. The molecular formula is C17H28O3. The standard InChI is InChI=1S/C17H28O3/c1-3-13(2)15(18)20-16(9-5-4-6-10-16)17-11-7-14(19-17)8-12-17/h13-14H,3-12H2,1-2H3. The molecule has 0 aromatic rings. The molecule has 1 aliphatic carbocycles. The van der Waals surface area contributed by atoms with E-state index in [1.54, 1.807) is 0 Å². The van der Waals surface area contributed by atoms with Gasteiger partial charge >= 0.3 is 5.97 Å². The zero-order chi connectivity index (χ0) is 14.2. The summed E-state index contributed by atoms with van der Waals surface area (Å²) < 4.78 is 12.5. The van der Waals surface area contributed by atoms with Gasteiger partial charge in [-0.3, -0.25) is 4.79 Å². The Bertz CT molecular complexity index is 362. The lowest BCUT2D eigenvalue weighted by atomic mass is 9.68. The van der Waals surface area contributed by atoms with Crippen molar-refractivity contribution in [2.24, 2.45) is 5.92 Å². The third kappa shape index (κ3) is 2.18. The minimum atomic E-state index is -0.322. The molecule has 0 N–H and O–H groups in total. The first-order valence-corrected chi connectivity index (χ1v) is 8.51. The van der Waals surface area contributed by atoms with Crippen LogP contribution in [0.3, 0.4) is 0 Å². The van der Waals surface area contributed by atoms with E-state index in [1.165, 1.54) is 19.3 Å². The van der Waals surface area contributed by atoms with E-state index in [1.807, 2.05) is 6.92 Å². The fourth-order valence-electron chi connectivity index (χ4n) is 4.41. The minimum absolute atomic E-state index is 0.00352. The Balaban J connectivity index is 1.83. The van der Waals surface area contributed by atoms with E-state index < -0.39 is 0 Å². The van der Waals surface area contributed by atoms with Crippen LogP contribution in [0, 0.1) is 5.92 Å². The second-order valence-electron chi connectivity index (χ2n) is 7.10. The van der Waals surface area contributed by atoms with Crippen molar-refractivity contribution in [3.8, 4) is 0 Å². The van der Waals surface area contributed by atoms with Crippen LogP contribution in [0.5, 0.6) is 0 Å². The number of hydrogen-bond acceptors (Lipinski definition) is 3. The van der Waals surface area contributed by atoms with Gasteiger partial charge in [0.15, 0.2) is 0 Å². The predicted molar refractivity (Wildman–Crippen MR) is 77.4 cm³/mol. The largest absolute Gasteiger partial charge is 0.456 e. The summed E-state index contributed by atoms with van der Waals surface area (Å²) in [5.41, 5.74) is -0.474. The SMILES string of the molecule is CCC(C)C(=O)OC1(C23CCC(CC2)O3)CCCCC1. The molecule has 1 atom stereocenters. The molecule has 114 valence electrons. The van der Waals surface area contributed by atoms with Gasteiger partial charge in [-0.15, -0.1) is 0 Å². The molecule has 2 saturated heterocycles. The molecule has 1 unspecified atom stereocenters. The van der Waals surface area contributed by atoms with Gasteiger partial charge in [-0.1, -0.05) is 20.3 Å². The Hall–Kier alpha value is -0.570. The molecule has 3 heteroatoms. The monoisotopic (exact) mass is 280 g/mol. The molecule has 3 aliphatic rings. The summed E-state index contributed by atoms with van der Waals surface area (Å²) in [6.45, 7) is 4.03. The molecule has 20 heavy (non-hydrogen) atoms. The zero-order valence-corrected chi connectivity index (χ0v) is 13.0. The topological polar surface area (TPSA) is 35.5 Å². The molecule has 2 aliphatic heterocycles. The van der Waals surface area contributed by atoms with Crippen molar-refractivity contribution in [2.75, 3.05) is 0 Å². The van der Waals surface area contributed by atoms with Gasteiger partial charge in [0.25, 0.3) is 0 Å². The number of esters is 1. The van der Waals surface area contributed by atoms with Crippen LogP contribution in [0.15, 0.2) is 0 Å². The molecule has 3 rings (SSSR count). The zero-order valence-electron chi connectivity index (χ0n) is 13.0. The van der Waals surface area contributed by atoms with Gasteiger partial charge < -0.3 is 9.47 Å². The van der Waals surface area contributed by atoms with Crippen LogP contribution < -0.4 is 0 Å². The van der Waals surface area contributed by atoms with Gasteiger partial charge in [-0.05, 0) is 57.8 Å². The first kappa shape index (κ1) is 14.4. The Labute approximate surface area is 122 Å². The average Bonchev–Trinajstić information content (AvgIpc) is 3.09. The molecule has 0 amide bonds. The number of hydrogen-bond donors (Lipinski definition) is 0. The van der Waals surface area contributed by atoms with Gasteiger partial charge in [0, 0.05) is 0 Å². The Morgan fingerprint density at radius 2 is 1.85 bits per heavy atom. The number of ether oxygens (including phenoxy) is 2. The number of carbonyl (C=O) groups excluding carboxylic acids is 1. The molecule has 3 nitrogen and oxygen atoms in total. The average molecular weight is 280 g/mol. The maximum Gasteiger partial charge on any atom is 0.309 e. The molecular weight excluding hydrogens is 252 g/mol. The van der Waals surface area contributed by atoms with E-state index in [2.05, 4.69) is 6.92 Å². The van der Waals surface area contributed by atoms with Crippen molar-refractivity contribution in [1.29, 1.82) is 0 Å². The summed E-state index contributed by atoms with van der Waals surface area (Å²) in [5.74, 6) is -0.00784. The maximum absolute atomic E-state index is 12.4. The van der Waals surface area contributed by atoms with Crippen LogP contribution in [0.4, 0.5) is 0 Å². The van der Waals surface area contributed by atoms with E-state index in [9.17, 15) is 4.79 Å². The smallest absolute Gasteiger partial charge is 0.309 e. The lowest BCUT2D eigenvalue weighted by Gasteiger charge is -2.48. The summed E-state index contributed by atoms with van der Waals surface area (Å²) >= 11 is 0. The highest BCUT2D eigenvalue weighted by atomic mass is 16.6. The molecule has 1 saturated carbocycles. The van der Waals surface area contributed by atoms with Crippen LogP contribution in [0.2, 0.25) is 0 Å². The first-order chi connectivity index (χ1) is 9.61. The van der Waals surface area contributed by atoms with E-state index >= 15 is 0 Å². The molecule has 2 heterocycles. The van der Waals surface area contributed by atoms with Gasteiger partial charge in [0.2, 0.25) is 0 Å². The third-order valence-electron chi connectivity index (χ3n) is 5.93. The second-order valence-corrected chi connectivity index (χ2v) is 7.10. The fraction of sp³-hybridized carbons (Fsp3) is 0.941. The van der Waals surface area contributed by atoms with Crippen molar-refractivity contribution < 1.29 is 14.3 Å². The summed E-state index contributed by atoms with van der Waals surface area (Å²) in [6, 6.07) is 0. The van der Waals surface area contributed by atoms with Crippen LogP contribution in [0.25, 0.3) is 0 Å². The maximum atomic E-state index is 12.4. The Morgan fingerprint density at radius 1 is 1.20 bits per heavy atom. The third-order valence-corrected chi connectivity index (χ3v) is 5.93. The summed E-state index contributed by atoms with van der Waals surface area (Å²) in [6.07, 6.45) is 11.4. The van der Waals surface area contributed by atoms with Crippen LogP contribution in [-0.2, 0) is 14.3 Å². The van der Waals surface area contributed by atoms with Crippen molar-refractivity contribution in [3.05, 3.63) is 0 Å². The van der Waals surface area contributed by atoms with Crippen molar-refractivity contribution in [1.82, 2.24) is 0 Å². The summed E-state index contributed by atoms with van der Waals surface area (Å²) in [7, 11) is 0. The number of rotatable bonds is 4. The molecule has 0 radical (unpaired) electrons. The van der Waals surface area contributed by atoms with E-state index in [4.69, 9.17) is 9.47 Å². The lowest BCUT2D eigenvalue weighted by molar-refractivity contribution is -0.208. The highest BCUT2D eigenvalue weighted by Gasteiger charge is 2.61.